The van der Waals surface area contributed by atoms with Gasteiger partial charge in [0.2, 0.25) is 10.0 Å². The van der Waals surface area contributed by atoms with E-state index in [0.717, 1.165) is 27.4 Å². The third kappa shape index (κ3) is 4.09. The van der Waals surface area contributed by atoms with Crippen LogP contribution in [0.15, 0.2) is 24.3 Å². The van der Waals surface area contributed by atoms with Gasteiger partial charge in [-0.3, -0.25) is 0 Å². The Labute approximate surface area is 121 Å². The molecule has 0 radical (unpaired) electrons. The zero-order valence-corrected chi connectivity index (χ0v) is 12.8. The molecule has 0 saturated carbocycles. The smallest absolute Gasteiger partial charge is 0.208 e. The van der Waals surface area contributed by atoms with Gasteiger partial charge in [0.1, 0.15) is 10.8 Å². The summed E-state index contributed by atoms with van der Waals surface area (Å²) in [5.41, 5.74) is 1.59. The number of benzene rings is 1. The largest absolute Gasteiger partial charge is 0.241 e. The van der Waals surface area contributed by atoms with Crippen molar-refractivity contribution in [3.8, 4) is 10.6 Å². The summed E-state index contributed by atoms with van der Waals surface area (Å²) in [6.45, 7) is 2.21. The van der Waals surface area contributed by atoms with Crippen molar-refractivity contribution in [3.63, 3.8) is 0 Å². The maximum atomic E-state index is 13.2. The summed E-state index contributed by atoms with van der Waals surface area (Å²) in [7, 11) is -3.17. The first-order valence-corrected chi connectivity index (χ1v) is 8.73. The molecule has 0 amide bonds. The van der Waals surface area contributed by atoms with Crippen LogP contribution in [0, 0.1) is 12.7 Å². The van der Waals surface area contributed by atoms with Crippen LogP contribution in [0.5, 0.6) is 0 Å². The van der Waals surface area contributed by atoms with Gasteiger partial charge in [0, 0.05) is 17.0 Å². The van der Waals surface area contributed by atoms with E-state index in [1.54, 1.807) is 12.1 Å². The highest BCUT2D eigenvalue weighted by molar-refractivity contribution is 7.88. The fourth-order valence-corrected chi connectivity index (χ4v) is 3.29. The van der Waals surface area contributed by atoms with E-state index in [1.165, 1.54) is 23.5 Å². The standard InChI is InChI=1S/C13H15FN2O2S2/c1-9-12(6-7-15-20(2,17)18)19-13(16-9)10-4-3-5-11(14)8-10/h3-5,8,15H,6-7H2,1-2H3. The molecular weight excluding hydrogens is 299 g/mol. The van der Waals surface area contributed by atoms with Gasteiger partial charge in [-0.15, -0.1) is 11.3 Å². The number of nitrogens with one attached hydrogen (secondary N) is 1. The van der Waals surface area contributed by atoms with Crippen molar-refractivity contribution >= 4 is 21.4 Å². The third-order valence-corrected chi connectivity index (χ3v) is 4.68. The Morgan fingerprint density at radius 1 is 1.40 bits per heavy atom. The predicted molar refractivity (Wildman–Crippen MR) is 78.8 cm³/mol. The molecule has 1 aromatic carbocycles. The van der Waals surface area contributed by atoms with Gasteiger partial charge in [-0.2, -0.15) is 0 Å². The van der Waals surface area contributed by atoms with E-state index in [2.05, 4.69) is 9.71 Å². The number of halogens is 1. The highest BCUT2D eigenvalue weighted by atomic mass is 32.2. The van der Waals surface area contributed by atoms with Crippen LogP contribution in [0.2, 0.25) is 0 Å². The molecule has 0 aliphatic carbocycles. The third-order valence-electron chi connectivity index (χ3n) is 2.68. The van der Waals surface area contributed by atoms with Crippen LogP contribution in [-0.2, 0) is 16.4 Å². The molecule has 2 rings (SSSR count). The predicted octanol–water partition coefficient (Wildman–Crippen LogP) is 2.35. The molecule has 1 N–H and O–H groups in total. The number of aryl methyl sites for hydroxylation is 1. The molecule has 0 saturated heterocycles. The molecule has 2 aromatic rings. The average Bonchev–Trinajstić information content (AvgIpc) is 2.70. The fraction of sp³-hybridized carbons (Fsp3) is 0.308. The number of nitrogens with zero attached hydrogens (tertiary/aromatic N) is 1. The van der Waals surface area contributed by atoms with Crippen molar-refractivity contribution in [1.82, 2.24) is 9.71 Å². The number of thiazole rings is 1. The molecule has 7 heteroatoms. The zero-order chi connectivity index (χ0) is 14.8. The second-order valence-electron chi connectivity index (χ2n) is 4.45. The van der Waals surface area contributed by atoms with Crippen molar-refractivity contribution in [2.45, 2.75) is 13.3 Å². The van der Waals surface area contributed by atoms with E-state index < -0.39 is 10.0 Å². The van der Waals surface area contributed by atoms with Gasteiger partial charge in [0.15, 0.2) is 0 Å². The van der Waals surface area contributed by atoms with E-state index >= 15 is 0 Å². The molecular formula is C13H15FN2O2S2. The Morgan fingerprint density at radius 3 is 2.80 bits per heavy atom. The maximum Gasteiger partial charge on any atom is 0.208 e. The first-order valence-electron chi connectivity index (χ1n) is 6.02. The summed E-state index contributed by atoms with van der Waals surface area (Å²) < 4.78 is 37.7. The van der Waals surface area contributed by atoms with Gasteiger partial charge in [-0.1, -0.05) is 12.1 Å². The minimum atomic E-state index is -3.17. The fourth-order valence-electron chi connectivity index (χ4n) is 1.75. The van der Waals surface area contributed by atoms with Crippen molar-refractivity contribution in [2.24, 2.45) is 0 Å². The van der Waals surface area contributed by atoms with E-state index in [1.807, 2.05) is 6.92 Å². The summed E-state index contributed by atoms with van der Waals surface area (Å²) in [5, 5.41) is 0.747. The van der Waals surface area contributed by atoms with Gasteiger partial charge in [-0.05, 0) is 25.5 Å². The molecule has 1 heterocycles. The zero-order valence-electron chi connectivity index (χ0n) is 11.2. The van der Waals surface area contributed by atoms with E-state index in [-0.39, 0.29) is 5.82 Å². The van der Waals surface area contributed by atoms with Crippen LogP contribution in [0.3, 0.4) is 0 Å². The highest BCUT2D eigenvalue weighted by Gasteiger charge is 2.10. The molecule has 0 fully saturated rings. The van der Waals surface area contributed by atoms with Gasteiger partial charge in [0.05, 0.1) is 11.9 Å². The Bertz CT molecular complexity index is 711. The lowest BCUT2D eigenvalue weighted by Crippen LogP contribution is -2.24. The molecule has 0 bridgehead atoms. The van der Waals surface area contributed by atoms with Gasteiger partial charge in [-0.25, -0.2) is 22.5 Å². The topological polar surface area (TPSA) is 59.1 Å². The Kier molecular flexibility index (Phi) is 4.52. The molecule has 0 atom stereocenters. The van der Waals surface area contributed by atoms with E-state index in [9.17, 15) is 12.8 Å². The normalized spacial score (nSPS) is 11.8. The molecule has 0 aliphatic heterocycles. The minimum Gasteiger partial charge on any atom is -0.241 e. The number of hydrogen-bond acceptors (Lipinski definition) is 4. The van der Waals surface area contributed by atoms with Crippen molar-refractivity contribution in [1.29, 1.82) is 0 Å². The second kappa shape index (κ2) is 5.99. The Hall–Kier alpha value is -1.31. The average molecular weight is 314 g/mol. The first kappa shape index (κ1) is 15.1. The monoisotopic (exact) mass is 314 g/mol. The van der Waals surface area contributed by atoms with Crippen LogP contribution in [-0.4, -0.2) is 26.2 Å². The number of hydrogen-bond donors (Lipinski definition) is 1. The summed E-state index contributed by atoms with van der Waals surface area (Å²) in [6.07, 6.45) is 1.70. The van der Waals surface area contributed by atoms with Crippen LogP contribution >= 0.6 is 11.3 Å². The summed E-state index contributed by atoms with van der Waals surface area (Å²) in [5.74, 6) is -0.296. The second-order valence-corrected chi connectivity index (χ2v) is 7.37. The SMILES string of the molecule is Cc1nc(-c2cccc(F)c2)sc1CCNS(C)(=O)=O. The Balaban J connectivity index is 2.13. The van der Waals surface area contributed by atoms with E-state index in [4.69, 9.17) is 0 Å². The van der Waals surface area contributed by atoms with Gasteiger partial charge < -0.3 is 0 Å². The summed E-state index contributed by atoms with van der Waals surface area (Å²) in [4.78, 5) is 5.41. The molecule has 0 unspecified atom stereocenters. The Morgan fingerprint density at radius 2 is 2.15 bits per heavy atom. The molecule has 108 valence electrons. The number of sulfonamides is 1. The van der Waals surface area contributed by atoms with E-state index in [0.29, 0.717) is 13.0 Å². The molecule has 0 spiro atoms. The number of aromatic nitrogens is 1. The van der Waals surface area contributed by atoms with Crippen LogP contribution in [0.4, 0.5) is 4.39 Å². The lowest BCUT2D eigenvalue weighted by atomic mass is 10.2. The van der Waals surface area contributed by atoms with Crippen molar-refractivity contribution in [2.75, 3.05) is 12.8 Å². The summed E-state index contributed by atoms with van der Waals surface area (Å²) >= 11 is 1.46. The van der Waals surface area contributed by atoms with Crippen LogP contribution < -0.4 is 4.72 Å². The molecule has 20 heavy (non-hydrogen) atoms. The van der Waals surface area contributed by atoms with Gasteiger partial charge >= 0.3 is 0 Å². The first-order chi connectivity index (χ1) is 9.35. The molecule has 0 aliphatic rings. The van der Waals surface area contributed by atoms with Crippen molar-refractivity contribution < 1.29 is 12.8 Å². The molecule has 4 nitrogen and oxygen atoms in total. The molecule has 1 aromatic heterocycles. The maximum absolute atomic E-state index is 13.2. The van der Waals surface area contributed by atoms with Crippen molar-refractivity contribution in [3.05, 3.63) is 40.7 Å². The van der Waals surface area contributed by atoms with Gasteiger partial charge in [0.25, 0.3) is 0 Å². The minimum absolute atomic E-state index is 0.296. The highest BCUT2D eigenvalue weighted by Crippen LogP contribution is 2.28. The lowest BCUT2D eigenvalue weighted by molar-refractivity contribution is 0.588. The summed E-state index contributed by atoms with van der Waals surface area (Å²) in [6, 6.07) is 6.28. The van der Waals surface area contributed by atoms with Crippen LogP contribution in [0.1, 0.15) is 10.6 Å². The quantitative estimate of drug-likeness (QED) is 0.921. The lowest BCUT2D eigenvalue weighted by Gasteiger charge is -2.00. The van der Waals surface area contributed by atoms with Crippen LogP contribution in [0.25, 0.3) is 10.6 Å². The number of rotatable bonds is 5.